The summed E-state index contributed by atoms with van der Waals surface area (Å²) < 4.78 is 0. The summed E-state index contributed by atoms with van der Waals surface area (Å²) in [6.45, 7) is 3.26. The number of hydrogen-bond acceptors (Lipinski definition) is 4. The van der Waals surface area contributed by atoms with Gasteiger partial charge in [-0.1, -0.05) is 0 Å². The molecule has 0 aromatic carbocycles. The first-order valence-corrected chi connectivity index (χ1v) is 6.23. The minimum absolute atomic E-state index is 0.0522. The zero-order valence-corrected chi connectivity index (χ0v) is 10.7. The van der Waals surface area contributed by atoms with Crippen molar-refractivity contribution in [1.82, 2.24) is 10.2 Å². The Balaban J connectivity index is 2.17. The monoisotopic (exact) mass is 253 g/mol. The summed E-state index contributed by atoms with van der Waals surface area (Å²) in [6.07, 6.45) is 2.20. The van der Waals surface area contributed by atoms with Gasteiger partial charge in [0.15, 0.2) is 0 Å². The van der Waals surface area contributed by atoms with Crippen molar-refractivity contribution in [2.45, 2.75) is 44.7 Å². The van der Waals surface area contributed by atoms with E-state index in [4.69, 9.17) is 5.73 Å². The van der Waals surface area contributed by atoms with Crippen molar-refractivity contribution in [2.75, 3.05) is 6.54 Å². The molecule has 100 valence electrons. The fraction of sp³-hybridized carbons (Fsp3) is 0.750. The Morgan fingerprint density at radius 3 is 2.61 bits per heavy atom. The van der Waals surface area contributed by atoms with E-state index in [1.165, 1.54) is 4.90 Å². The minimum Gasteiger partial charge on any atom is -0.328 e. The van der Waals surface area contributed by atoms with Crippen LogP contribution in [-0.4, -0.2) is 40.7 Å². The molecule has 3 amide bonds. The lowest BCUT2D eigenvalue weighted by molar-refractivity contribution is -0.157. The van der Waals surface area contributed by atoms with Crippen LogP contribution < -0.4 is 11.1 Å². The van der Waals surface area contributed by atoms with E-state index >= 15 is 0 Å². The average Bonchev–Trinajstić information content (AvgIpc) is 2.70. The number of rotatable bonds is 1. The number of piperazine rings is 1. The molecule has 0 aromatic rings. The molecule has 18 heavy (non-hydrogen) atoms. The first-order chi connectivity index (χ1) is 8.32. The van der Waals surface area contributed by atoms with Gasteiger partial charge in [0.1, 0.15) is 12.1 Å². The number of nitrogens with two attached hydrogens (primary N) is 1. The summed E-state index contributed by atoms with van der Waals surface area (Å²) in [6, 6.07) is 0.0522. The fourth-order valence-electron chi connectivity index (χ4n) is 2.60. The first kappa shape index (κ1) is 13.0. The number of amides is 3. The third-order valence-corrected chi connectivity index (χ3v) is 3.87. The van der Waals surface area contributed by atoms with E-state index in [-0.39, 0.29) is 24.4 Å². The van der Waals surface area contributed by atoms with Crippen molar-refractivity contribution in [3.8, 4) is 0 Å². The van der Waals surface area contributed by atoms with E-state index < -0.39 is 17.4 Å². The molecule has 2 unspecified atom stereocenters. The van der Waals surface area contributed by atoms with Crippen LogP contribution in [0.5, 0.6) is 0 Å². The van der Waals surface area contributed by atoms with Gasteiger partial charge in [0.2, 0.25) is 11.8 Å². The normalized spacial score (nSPS) is 31.4. The molecule has 0 spiro atoms. The summed E-state index contributed by atoms with van der Waals surface area (Å²) in [5, 5.41) is 2.26. The van der Waals surface area contributed by atoms with E-state index in [0.29, 0.717) is 6.42 Å². The number of hydrogen-bond donors (Lipinski definition) is 2. The van der Waals surface area contributed by atoms with Gasteiger partial charge in [-0.05, 0) is 33.1 Å². The molecule has 1 saturated heterocycles. The Morgan fingerprint density at radius 1 is 1.39 bits per heavy atom. The van der Waals surface area contributed by atoms with Crippen molar-refractivity contribution < 1.29 is 14.4 Å². The molecule has 2 aliphatic rings. The number of nitrogens with one attached hydrogen (secondary N) is 1. The molecular weight excluding hydrogens is 234 g/mol. The molecule has 2 rings (SSSR count). The molecule has 1 aliphatic carbocycles. The molecule has 6 heteroatoms. The quantitative estimate of drug-likeness (QED) is 0.609. The minimum atomic E-state index is -0.975. The topological polar surface area (TPSA) is 92.5 Å². The van der Waals surface area contributed by atoms with Crippen molar-refractivity contribution in [1.29, 1.82) is 0 Å². The second kappa shape index (κ2) is 4.35. The average molecular weight is 253 g/mol. The SMILES string of the molecule is CC1(C)C(=O)NC(=O)CN1C(=O)C1CCC(N)C1. The van der Waals surface area contributed by atoms with Crippen LogP contribution in [0, 0.1) is 5.92 Å². The third kappa shape index (κ3) is 2.12. The Labute approximate surface area is 106 Å². The highest BCUT2D eigenvalue weighted by molar-refractivity contribution is 6.06. The van der Waals surface area contributed by atoms with Gasteiger partial charge in [-0.25, -0.2) is 0 Å². The van der Waals surface area contributed by atoms with Gasteiger partial charge >= 0.3 is 0 Å². The zero-order valence-electron chi connectivity index (χ0n) is 10.7. The maximum Gasteiger partial charge on any atom is 0.252 e. The highest BCUT2D eigenvalue weighted by Gasteiger charge is 2.45. The summed E-state index contributed by atoms with van der Waals surface area (Å²) in [5.41, 5.74) is 4.82. The van der Waals surface area contributed by atoms with Crippen LogP contribution >= 0.6 is 0 Å². The molecule has 2 atom stereocenters. The number of nitrogens with zero attached hydrogens (tertiary/aromatic N) is 1. The zero-order chi connectivity index (χ0) is 13.5. The van der Waals surface area contributed by atoms with Crippen molar-refractivity contribution >= 4 is 17.7 Å². The second-order valence-corrected chi connectivity index (χ2v) is 5.63. The summed E-state index contributed by atoms with van der Waals surface area (Å²) >= 11 is 0. The van der Waals surface area contributed by atoms with Gasteiger partial charge in [-0.3, -0.25) is 19.7 Å². The Kier molecular flexibility index (Phi) is 3.14. The maximum absolute atomic E-state index is 12.4. The van der Waals surface area contributed by atoms with Gasteiger partial charge in [0.05, 0.1) is 0 Å². The first-order valence-electron chi connectivity index (χ1n) is 6.23. The highest BCUT2D eigenvalue weighted by atomic mass is 16.2. The standard InChI is InChI=1S/C12H19N3O3/c1-12(2)11(18)14-9(16)6-15(12)10(17)7-3-4-8(13)5-7/h7-8H,3-6,13H2,1-2H3,(H,14,16,18). The van der Waals surface area contributed by atoms with Crippen LogP contribution in [0.1, 0.15) is 33.1 Å². The summed E-state index contributed by atoms with van der Waals surface area (Å²) in [4.78, 5) is 37.0. The van der Waals surface area contributed by atoms with E-state index in [1.54, 1.807) is 13.8 Å². The predicted octanol–water partition coefficient (Wildman–Crippen LogP) is -0.623. The molecule has 0 bridgehead atoms. The lowest BCUT2D eigenvalue weighted by atomic mass is 9.95. The van der Waals surface area contributed by atoms with Crippen LogP contribution in [0.3, 0.4) is 0 Å². The van der Waals surface area contributed by atoms with Crippen LogP contribution in [0.2, 0.25) is 0 Å². The van der Waals surface area contributed by atoms with Gasteiger partial charge in [0.25, 0.3) is 5.91 Å². The van der Waals surface area contributed by atoms with Crippen molar-refractivity contribution in [3.63, 3.8) is 0 Å². The van der Waals surface area contributed by atoms with Gasteiger partial charge in [-0.15, -0.1) is 0 Å². The fourth-order valence-corrected chi connectivity index (χ4v) is 2.60. The number of carbonyl (C=O) groups excluding carboxylic acids is 3. The molecule has 1 heterocycles. The third-order valence-electron chi connectivity index (χ3n) is 3.87. The summed E-state index contributed by atoms with van der Waals surface area (Å²) in [7, 11) is 0. The maximum atomic E-state index is 12.4. The van der Waals surface area contributed by atoms with E-state index in [2.05, 4.69) is 5.32 Å². The lowest BCUT2D eigenvalue weighted by Crippen LogP contribution is -2.66. The number of imide groups is 1. The number of carbonyl (C=O) groups is 3. The molecule has 3 N–H and O–H groups in total. The van der Waals surface area contributed by atoms with Crippen LogP contribution in [-0.2, 0) is 14.4 Å². The van der Waals surface area contributed by atoms with Crippen molar-refractivity contribution in [3.05, 3.63) is 0 Å². The van der Waals surface area contributed by atoms with Crippen LogP contribution in [0.4, 0.5) is 0 Å². The van der Waals surface area contributed by atoms with Crippen LogP contribution in [0.25, 0.3) is 0 Å². The summed E-state index contributed by atoms with van der Waals surface area (Å²) in [5.74, 6) is -1.13. The molecule has 6 nitrogen and oxygen atoms in total. The lowest BCUT2D eigenvalue weighted by Gasteiger charge is -2.41. The predicted molar refractivity (Wildman–Crippen MR) is 64.3 cm³/mol. The molecule has 0 radical (unpaired) electrons. The Bertz CT molecular complexity index is 405. The van der Waals surface area contributed by atoms with Gasteiger partial charge in [0, 0.05) is 12.0 Å². The Hall–Kier alpha value is -1.43. The molecular formula is C12H19N3O3. The van der Waals surface area contributed by atoms with E-state index in [1.807, 2.05) is 0 Å². The smallest absolute Gasteiger partial charge is 0.252 e. The van der Waals surface area contributed by atoms with Crippen molar-refractivity contribution in [2.24, 2.45) is 11.7 Å². The molecule has 0 aromatic heterocycles. The second-order valence-electron chi connectivity index (χ2n) is 5.63. The van der Waals surface area contributed by atoms with Gasteiger partial charge in [-0.2, -0.15) is 0 Å². The highest BCUT2D eigenvalue weighted by Crippen LogP contribution is 2.29. The molecule has 2 fully saturated rings. The van der Waals surface area contributed by atoms with Gasteiger partial charge < -0.3 is 10.6 Å². The Morgan fingerprint density at radius 2 is 2.06 bits per heavy atom. The van der Waals surface area contributed by atoms with Crippen LogP contribution in [0.15, 0.2) is 0 Å². The van der Waals surface area contributed by atoms with E-state index in [0.717, 1.165) is 12.8 Å². The molecule has 1 aliphatic heterocycles. The largest absolute Gasteiger partial charge is 0.328 e. The molecule has 1 saturated carbocycles. The van der Waals surface area contributed by atoms with E-state index in [9.17, 15) is 14.4 Å².